The van der Waals surface area contributed by atoms with Crippen LogP contribution in [0.15, 0.2) is 65.8 Å². The summed E-state index contributed by atoms with van der Waals surface area (Å²) in [6.07, 6.45) is 3.16. The van der Waals surface area contributed by atoms with E-state index in [2.05, 4.69) is 14.6 Å². The van der Waals surface area contributed by atoms with Gasteiger partial charge in [-0.05, 0) is 24.3 Å². The Balaban J connectivity index is 1.35. The van der Waals surface area contributed by atoms with Gasteiger partial charge in [0.2, 0.25) is 15.9 Å². The van der Waals surface area contributed by atoms with Crippen LogP contribution in [0.4, 0.5) is 11.4 Å². The first kappa shape index (κ1) is 22.6. The van der Waals surface area contributed by atoms with Crippen LogP contribution in [0.1, 0.15) is 6.42 Å². The van der Waals surface area contributed by atoms with E-state index in [-0.39, 0.29) is 29.5 Å². The zero-order chi connectivity index (χ0) is 23.4. The molecule has 4 rings (SSSR count). The number of aromatic nitrogens is 1. The van der Waals surface area contributed by atoms with Gasteiger partial charge in [0.1, 0.15) is 0 Å². The zero-order valence-electron chi connectivity index (χ0n) is 17.8. The Morgan fingerprint density at radius 2 is 1.76 bits per heavy atom. The summed E-state index contributed by atoms with van der Waals surface area (Å²) in [5, 5.41) is 12.5. The van der Waals surface area contributed by atoms with E-state index in [1.165, 1.54) is 24.4 Å². The first-order chi connectivity index (χ1) is 15.9. The molecule has 2 heterocycles. The minimum atomic E-state index is -3.64. The molecule has 0 atom stereocenters. The highest BCUT2D eigenvalue weighted by Crippen LogP contribution is 2.33. The van der Waals surface area contributed by atoms with Crippen molar-refractivity contribution in [3.05, 3.63) is 71.0 Å². The molecule has 0 radical (unpaired) electrons. The van der Waals surface area contributed by atoms with E-state index in [0.29, 0.717) is 31.6 Å². The number of benzene rings is 2. The predicted octanol–water partition coefficient (Wildman–Crippen LogP) is 2.16. The molecule has 10 nitrogen and oxygen atoms in total. The van der Waals surface area contributed by atoms with Crippen LogP contribution in [0.3, 0.4) is 0 Å². The molecule has 2 aromatic carbocycles. The Kier molecular flexibility index (Phi) is 6.52. The molecule has 1 aliphatic rings. The Bertz CT molecular complexity index is 1270. The van der Waals surface area contributed by atoms with Gasteiger partial charge in [-0.2, -0.15) is 0 Å². The number of pyridine rings is 1. The number of nitro benzene ring substituents is 1. The van der Waals surface area contributed by atoms with E-state index in [4.69, 9.17) is 0 Å². The number of nitrogens with zero attached hydrogens (tertiary/aromatic N) is 4. The third kappa shape index (κ3) is 4.94. The van der Waals surface area contributed by atoms with Crippen molar-refractivity contribution in [2.45, 2.75) is 11.3 Å². The zero-order valence-corrected chi connectivity index (χ0v) is 18.6. The lowest BCUT2D eigenvalue weighted by Crippen LogP contribution is -2.49. The molecule has 11 heteroatoms. The smallest absolute Gasteiger partial charge is 0.278 e. The molecule has 0 unspecified atom stereocenters. The average Bonchev–Trinajstić information content (AvgIpc) is 2.83. The molecule has 1 amide bonds. The molecule has 3 aromatic rings. The van der Waals surface area contributed by atoms with Crippen molar-refractivity contribution in [3.63, 3.8) is 0 Å². The van der Waals surface area contributed by atoms with Crippen molar-refractivity contribution in [3.8, 4) is 0 Å². The van der Waals surface area contributed by atoms with Gasteiger partial charge in [0.15, 0.2) is 0 Å². The Morgan fingerprint density at radius 3 is 2.45 bits per heavy atom. The third-order valence-corrected chi connectivity index (χ3v) is 7.10. The summed E-state index contributed by atoms with van der Waals surface area (Å²) in [5.41, 5.74) is 0.870. The second kappa shape index (κ2) is 9.51. The molecular weight excluding hydrogens is 446 g/mol. The number of nitrogens with one attached hydrogen (secondary N) is 1. The van der Waals surface area contributed by atoms with E-state index in [0.717, 1.165) is 11.1 Å². The average molecular weight is 470 g/mol. The first-order valence-corrected chi connectivity index (χ1v) is 11.9. The maximum absolute atomic E-state index is 12.6. The van der Waals surface area contributed by atoms with Crippen LogP contribution < -0.4 is 9.62 Å². The molecule has 0 aliphatic carbocycles. The van der Waals surface area contributed by atoms with Gasteiger partial charge in [0.25, 0.3) is 5.69 Å². The molecule has 0 spiro atoms. The lowest BCUT2D eigenvalue weighted by atomic mass is 10.1. The molecule has 0 saturated carbocycles. The van der Waals surface area contributed by atoms with Crippen LogP contribution in [-0.2, 0) is 14.8 Å². The van der Waals surface area contributed by atoms with Gasteiger partial charge in [-0.1, -0.05) is 18.2 Å². The van der Waals surface area contributed by atoms with Crippen molar-refractivity contribution < 1.29 is 18.1 Å². The summed E-state index contributed by atoms with van der Waals surface area (Å²) < 4.78 is 27.0. The number of piperazine rings is 1. The van der Waals surface area contributed by atoms with Gasteiger partial charge < -0.3 is 9.80 Å². The minimum Gasteiger partial charge on any atom is -0.367 e. The van der Waals surface area contributed by atoms with Crippen LogP contribution in [0.25, 0.3) is 10.8 Å². The van der Waals surface area contributed by atoms with Crippen LogP contribution in [0.5, 0.6) is 0 Å². The van der Waals surface area contributed by atoms with E-state index in [1.54, 1.807) is 41.4 Å². The van der Waals surface area contributed by atoms with Crippen molar-refractivity contribution in [2.24, 2.45) is 0 Å². The second-order valence-electron chi connectivity index (χ2n) is 7.61. The van der Waals surface area contributed by atoms with Crippen molar-refractivity contribution in [1.29, 1.82) is 0 Å². The quantitative estimate of drug-likeness (QED) is 0.415. The van der Waals surface area contributed by atoms with Gasteiger partial charge in [-0.3, -0.25) is 19.9 Å². The second-order valence-corrected chi connectivity index (χ2v) is 9.38. The third-order valence-electron chi connectivity index (χ3n) is 5.63. The highest BCUT2D eigenvalue weighted by atomic mass is 32.2. The van der Waals surface area contributed by atoms with Gasteiger partial charge in [-0.25, -0.2) is 13.1 Å². The molecular formula is C22H23N5O5S. The number of hydrogen-bond acceptors (Lipinski definition) is 7. The topological polar surface area (TPSA) is 126 Å². The molecule has 1 fully saturated rings. The number of carbonyl (C=O) groups excluding carboxylic acids is 1. The summed E-state index contributed by atoms with van der Waals surface area (Å²) in [7, 11) is -3.64. The number of fused-ring (bicyclic) bond motifs is 1. The van der Waals surface area contributed by atoms with E-state index >= 15 is 0 Å². The predicted molar refractivity (Wildman–Crippen MR) is 123 cm³/mol. The van der Waals surface area contributed by atoms with Crippen molar-refractivity contribution >= 4 is 38.1 Å². The van der Waals surface area contributed by atoms with E-state index < -0.39 is 14.9 Å². The van der Waals surface area contributed by atoms with Crippen LogP contribution in [-0.4, -0.2) is 61.9 Å². The highest BCUT2D eigenvalue weighted by Gasteiger charge is 2.24. The number of rotatable bonds is 7. The number of nitro groups is 1. The Labute approximate surface area is 191 Å². The summed E-state index contributed by atoms with van der Waals surface area (Å²) in [5.74, 6) is -0.122. The van der Waals surface area contributed by atoms with E-state index in [9.17, 15) is 23.3 Å². The van der Waals surface area contributed by atoms with Gasteiger partial charge >= 0.3 is 0 Å². The molecule has 1 N–H and O–H groups in total. The number of carbonyl (C=O) groups is 1. The molecule has 1 aliphatic heterocycles. The number of anilines is 1. The number of hydrogen-bond donors (Lipinski definition) is 1. The van der Waals surface area contributed by atoms with Gasteiger partial charge in [0.05, 0.1) is 15.2 Å². The number of non-ortho nitro benzene ring substituents is 1. The SMILES string of the molecule is O=C(CCNS(=O)(=O)c1ccccc1)N1CCN(c2ccc([N+](=O)[O-])c3cnccc23)CC1. The molecule has 1 saturated heterocycles. The minimum absolute atomic E-state index is 0.00798. The van der Waals surface area contributed by atoms with Crippen molar-refractivity contribution in [1.82, 2.24) is 14.6 Å². The van der Waals surface area contributed by atoms with Crippen LogP contribution >= 0.6 is 0 Å². The maximum Gasteiger partial charge on any atom is 0.278 e. The number of sulfonamides is 1. The summed E-state index contributed by atoms with van der Waals surface area (Å²) in [4.78, 5) is 31.5. The van der Waals surface area contributed by atoms with Gasteiger partial charge in [0, 0.05) is 68.7 Å². The van der Waals surface area contributed by atoms with Gasteiger partial charge in [-0.15, -0.1) is 0 Å². The molecule has 172 valence electrons. The monoisotopic (exact) mass is 469 g/mol. The molecule has 33 heavy (non-hydrogen) atoms. The Morgan fingerprint density at radius 1 is 1.03 bits per heavy atom. The fourth-order valence-corrected chi connectivity index (χ4v) is 4.98. The highest BCUT2D eigenvalue weighted by molar-refractivity contribution is 7.89. The van der Waals surface area contributed by atoms with Crippen LogP contribution in [0.2, 0.25) is 0 Å². The largest absolute Gasteiger partial charge is 0.367 e. The lowest BCUT2D eigenvalue weighted by Gasteiger charge is -2.36. The van der Waals surface area contributed by atoms with Crippen LogP contribution in [0, 0.1) is 10.1 Å². The Hall–Kier alpha value is -3.57. The molecule has 1 aromatic heterocycles. The number of amides is 1. The van der Waals surface area contributed by atoms with Crippen molar-refractivity contribution in [2.75, 3.05) is 37.6 Å². The standard InChI is InChI=1S/C22H23N5O5S/c28-22(9-11-24-33(31,32)17-4-2-1-3-5-17)26-14-12-25(13-15-26)20-6-7-21(27(29)30)19-16-23-10-8-18(19)20/h1-8,10,16,24H,9,11-15H2. The molecule has 0 bridgehead atoms. The summed E-state index contributed by atoms with van der Waals surface area (Å²) in [6.45, 7) is 2.12. The fraction of sp³-hybridized carbons (Fsp3) is 0.273. The first-order valence-electron chi connectivity index (χ1n) is 10.5. The fourth-order valence-electron chi connectivity index (χ4n) is 3.92. The van der Waals surface area contributed by atoms with E-state index in [1.807, 2.05) is 0 Å². The summed E-state index contributed by atoms with van der Waals surface area (Å²) >= 11 is 0. The lowest BCUT2D eigenvalue weighted by molar-refractivity contribution is -0.383. The normalized spacial score (nSPS) is 14.4. The summed E-state index contributed by atoms with van der Waals surface area (Å²) in [6, 6.07) is 13.0. The maximum atomic E-state index is 12.6.